The minimum absolute atomic E-state index is 0.421. The highest BCUT2D eigenvalue weighted by Gasteiger charge is 2.23. The lowest BCUT2D eigenvalue weighted by molar-refractivity contribution is 0.199. The zero-order valence-electron chi connectivity index (χ0n) is 10.9. The molecule has 0 aliphatic carbocycles. The van der Waals surface area contributed by atoms with Crippen LogP contribution < -0.4 is 4.90 Å². The molecule has 17 heavy (non-hydrogen) atoms. The third-order valence-electron chi connectivity index (χ3n) is 3.68. The quantitative estimate of drug-likeness (QED) is 0.854. The minimum Gasteiger partial charge on any atom is -0.389 e. The van der Waals surface area contributed by atoms with Crippen molar-refractivity contribution in [3.05, 3.63) is 23.9 Å². The number of piperidine rings is 1. The number of hydrogen-bond donors (Lipinski definition) is 1. The van der Waals surface area contributed by atoms with Crippen molar-refractivity contribution in [3.63, 3.8) is 0 Å². The molecule has 3 atom stereocenters. The summed E-state index contributed by atoms with van der Waals surface area (Å²) in [7, 11) is 0. The van der Waals surface area contributed by atoms with Crippen molar-refractivity contribution in [2.24, 2.45) is 5.92 Å². The number of nitrogens with zero attached hydrogens (tertiary/aromatic N) is 2. The molecule has 2 heterocycles. The topological polar surface area (TPSA) is 36.4 Å². The van der Waals surface area contributed by atoms with Gasteiger partial charge in [0.1, 0.15) is 5.82 Å². The van der Waals surface area contributed by atoms with Crippen LogP contribution in [0.2, 0.25) is 0 Å². The van der Waals surface area contributed by atoms with Crippen molar-refractivity contribution < 1.29 is 5.11 Å². The fraction of sp³-hybridized carbons (Fsp3) is 0.643. The Morgan fingerprint density at radius 3 is 2.88 bits per heavy atom. The van der Waals surface area contributed by atoms with Crippen LogP contribution in [0.4, 0.5) is 5.82 Å². The third kappa shape index (κ3) is 2.78. The van der Waals surface area contributed by atoms with Gasteiger partial charge in [0, 0.05) is 18.8 Å². The lowest BCUT2D eigenvalue weighted by atomic mass is 9.93. The van der Waals surface area contributed by atoms with Crippen LogP contribution in [0, 0.1) is 5.92 Å². The van der Waals surface area contributed by atoms with Crippen molar-refractivity contribution in [1.82, 2.24) is 4.98 Å². The molecule has 3 nitrogen and oxygen atoms in total. The standard InChI is InChI=1S/C14H22N2O/c1-10-5-7-16(11(2)8-10)14-9-13(12(3)17)4-6-15-14/h4,6,9-12,17H,5,7-8H2,1-3H3/t10?,11?,12-/m0/s1. The highest BCUT2D eigenvalue weighted by molar-refractivity contribution is 5.43. The van der Waals surface area contributed by atoms with E-state index < -0.39 is 6.10 Å². The van der Waals surface area contributed by atoms with Crippen molar-refractivity contribution in [3.8, 4) is 0 Å². The Hall–Kier alpha value is -1.09. The summed E-state index contributed by atoms with van der Waals surface area (Å²) in [5, 5.41) is 9.61. The van der Waals surface area contributed by atoms with E-state index in [0.29, 0.717) is 6.04 Å². The predicted octanol–water partition coefficient (Wildman–Crippen LogP) is 2.76. The molecule has 1 aliphatic heterocycles. The summed E-state index contributed by atoms with van der Waals surface area (Å²) in [5.41, 5.74) is 0.945. The Balaban J connectivity index is 2.19. The lowest BCUT2D eigenvalue weighted by Crippen LogP contribution is -2.40. The van der Waals surface area contributed by atoms with Gasteiger partial charge in [0.25, 0.3) is 0 Å². The maximum absolute atomic E-state index is 9.61. The second-order valence-corrected chi connectivity index (χ2v) is 5.30. The Bertz CT molecular complexity index is 378. The Morgan fingerprint density at radius 1 is 1.47 bits per heavy atom. The fourth-order valence-corrected chi connectivity index (χ4v) is 2.60. The molecular weight excluding hydrogens is 212 g/mol. The van der Waals surface area contributed by atoms with E-state index in [1.54, 1.807) is 13.1 Å². The number of aromatic nitrogens is 1. The predicted molar refractivity (Wildman–Crippen MR) is 70.1 cm³/mol. The van der Waals surface area contributed by atoms with Gasteiger partial charge < -0.3 is 10.0 Å². The molecule has 1 saturated heterocycles. The van der Waals surface area contributed by atoms with Crippen molar-refractivity contribution in [2.45, 2.75) is 45.8 Å². The van der Waals surface area contributed by atoms with Crippen LogP contribution in [0.25, 0.3) is 0 Å². The molecule has 1 aromatic rings. The van der Waals surface area contributed by atoms with E-state index in [1.165, 1.54) is 12.8 Å². The molecule has 1 fully saturated rings. The van der Waals surface area contributed by atoms with Gasteiger partial charge in [-0.15, -0.1) is 0 Å². The van der Waals surface area contributed by atoms with E-state index in [1.807, 2.05) is 12.1 Å². The Kier molecular flexibility index (Phi) is 3.67. The SMILES string of the molecule is CC1CCN(c2cc([C@H](C)O)ccn2)C(C)C1. The molecule has 0 aromatic carbocycles. The molecule has 0 bridgehead atoms. The van der Waals surface area contributed by atoms with E-state index in [-0.39, 0.29) is 0 Å². The molecule has 2 rings (SSSR count). The number of rotatable bonds is 2. The van der Waals surface area contributed by atoms with E-state index in [0.717, 1.165) is 23.8 Å². The first-order valence-electron chi connectivity index (χ1n) is 6.48. The average Bonchev–Trinajstić information content (AvgIpc) is 2.29. The van der Waals surface area contributed by atoms with Crippen LogP contribution in [0.3, 0.4) is 0 Å². The number of aliphatic hydroxyl groups is 1. The molecule has 3 heteroatoms. The summed E-state index contributed by atoms with van der Waals surface area (Å²) >= 11 is 0. The fourth-order valence-electron chi connectivity index (χ4n) is 2.60. The third-order valence-corrected chi connectivity index (χ3v) is 3.68. The van der Waals surface area contributed by atoms with E-state index in [2.05, 4.69) is 23.7 Å². The second kappa shape index (κ2) is 5.05. The molecule has 1 aliphatic rings. The van der Waals surface area contributed by atoms with Crippen LogP contribution in [0.5, 0.6) is 0 Å². The molecule has 0 spiro atoms. The van der Waals surface area contributed by atoms with E-state index in [4.69, 9.17) is 0 Å². The highest BCUT2D eigenvalue weighted by Crippen LogP contribution is 2.27. The van der Waals surface area contributed by atoms with Gasteiger partial charge in [-0.3, -0.25) is 0 Å². The first-order chi connectivity index (χ1) is 8.08. The van der Waals surface area contributed by atoms with Crippen LogP contribution in [0.1, 0.15) is 45.3 Å². The van der Waals surface area contributed by atoms with Gasteiger partial charge in [0.2, 0.25) is 0 Å². The highest BCUT2D eigenvalue weighted by atomic mass is 16.3. The van der Waals surface area contributed by atoms with E-state index >= 15 is 0 Å². The molecule has 1 aromatic heterocycles. The van der Waals surface area contributed by atoms with Crippen molar-refractivity contribution in [2.75, 3.05) is 11.4 Å². The largest absolute Gasteiger partial charge is 0.389 e. The summed E-state index contributed by atoms with van der Waals surface area (Å²) in [5.74, 6) is 1.81. The Labute approximate surface area is 103 Å². The van der Waals surface area contributed by atoms with Gasteiger partial charge in [-0.1, -0.05) is 6.92 Å². The lowest BCUT2D eigenvalue weighted by Gasteiger charge is -2.37. The maximum Gasteiger partial charge on any atom is 0.129 e. The molecule has 1 N–H and O–H groups in total. The number of pyridine rings is 1. The zero-order chi connectivity index (χ0) is 12.4. The first-order valence-corrected chi connectivity index (χ1v) is 6.48. The second-order valence-electron chi connectivity index (χ2n) is 5.30. The van der Waals surface area contributed by atoms with Gasteiger partial charge in [-0.05, 0) is 50.3 Å². The van der Waals surface area contributed by atoms with Crippen molar-refractivity contribution >= 4 is 5.82 Å². The van der Waals surface area contributed by atoms with Crippen LogP contribution in [-0.2, 0) is 0 Å². The van der Waals surface area contributed by atoms with Gasteiger partial charge in [-0.25, -0.2) is 4.98 Å². The van der Waals surface area contributed by atoms with Crippen LogP contribution in [0.15, 0.2) is 18.3 Å². The zero-order valence-corrected chi connectivity index (χ0v) is 10.9. The number of anilines is 1. The average molecular weight is 234 g/mol. The monoisotopic (exact) mass is 234 g/mol. The summed E-state index contributed by atoms with van der Waals surface area (Å²) in [4.78, 5) is 6.79. The molecular formula is C14H22N2O. The summed E-state index contributed by atoms with van der Waals surface area (Å²) in [6, 6.07) is 4.43. The smallest absolute Gasteiger partial charge is 0.129 e. The molecule has 94 valence electrons. The Morgan fingerprint density at radius 2 is 2.24 bits per heavy atom. The van der Waals surface area contributed by atoms with E-state index in [9.17, 15) is 5.11 Å². The van der Waals surface area contributed by atoms with Crippen molar-refractivity contribution in [1.29, 1.82) is 0 Å². The maximum atomic E-state index is 9.61. The number of aliphatic hydroxyl groups excluding tert-OH is 1. The van der Waals surface area contributed by atoms with Crippen LogP contribution in [-0.4, -0.2) is 22.7 Å². The summed E-state index contributed by atoms with van der Waals surface area (Å²) in [6.07, 6.45) is 3.82. The van der Waals surface area contributed by atoms with Gasteiger partial charge >= 0.3 is 0 Å². The molecule has 2 unspecified atom stereocenters. The van der Waals surface area contributed by atoms with Gasteiger partial charge in [0.15, 0.2) is 0 Å². The van der Waals surface area contributed by atoms with Gasteiger partial charge in [0.05, 0.1) is 6.10 Å². The first kappa shape index (κ1) is 12.4. The summed E-state index contributed by atoms with van der Waals surface area (Å²) in [6.45, 7) is 7.43. The van der Waals surface area contributed by atoms with Crippen LogP contribution >= 0.6 is 0 Å². The number of hydrogen-bond acceptors (Lipinski definition) is 3. The van der Waals surface area contributed by atoms with Gasteiger partial charge in [-0.2, -0.15) is 0 Å². The minimum atomic E-state index is -0.421. The normalized spacial score (nSPS) is 26.9. The molecule has 0 amide bonds. The molecule has 0 saturated carbocycles. The molecule has 0 radical (unpaired) electrons. The summed E-state index contributed by atoms with van der Waals surface area (Å²) < 4.78 is 0.